The van der Waals surface area contributed by atoms with Crippen molar-refractivity contribution in [1.29, 1.82) is 0 Å². The zero-order valence-electron chi connectivity index (χ0n) is 17.2. The number of carbonyl (C=O) groups is 1. The van der Waals surface area contributed by atoms with Gasteiger partial charge in [-0.15, -0.1) is 0 Å². The van der Waals surface area contributed by atoms with Crippen LogP contribution in [0.5, 0.6) is 17.2 Å². The number of aromatic nitrogens is 2. The molecule has 0 radical (unpaired) electrons. The molecule has 156 valence electrons. The van der Waals surface area contributed by atoms with Crippen LogP contribution in [-0.4, -0.2) is 58.9 Å². The van der Waals surface area contributed by atoms with Crippen molar-refractivity contribution in [2.24, 2.45) is 7.05 Å². The predicted molar refractivity (Wildman–Crippen MR) is 105 cm³/mol. The fraction of sp³-hybridized carbons (Fsp3) is 0.524. The number of aryl methyl sites for hydroxylation is 1. The Morgan fingerprint density at radius 3 is 2.14 bits per heavy atom. The van der Waals surface area contributed by atoms with Gasteiger partial charge < -0.3 is 28.8 Å². The lowest BCUT2D eigenvalue weighted by molar-refractivity contribution is -0.0555. The quantitative estimate of drug-likeness (QED) is 0.826. The summed E-state index contributed by atoms with van der Waals surface area (Å²) in [7, 11) is 6.48. The highest BCUT2D eigenvalue weighted by Crippen LogP contribution is 2.46. The molecule has 0 aliphatic carbocycles. The van der Waals surface area contributed by atoms with Crippen molar-refractivity contribution < 1.29 is 24.1 Å². The van der Waals surface area contributed by atoms with Crippen molar-refractivity contribution in [3.05, 3.63) is 35.9 Å². The predicted octanol–water partition coefficient (Wildman–Crippen LogP) is 2.10. The van der Waals surface area contributed by atoms with Gasteiger partial charge in [0.1, 0.15) is 11.4 Å². The molecule has 4 rings (SSSR count). The van der Waals surface area contributed by atoms with Crippen molar-refractivity contribution >= 4 is 5.91 Å². The van der Waals surface area contributed by atoms with Gasteiger partial charge in [0.05, 0.1) is 21.3 Å². The standard InChI is InChI=1S/C21H27N3O5/c1-23-8-7-22-20(23)21(26)11-14-5-6-15(12-21)24(14)19(25)13-9-16(27-2)18(29-4)17(10-13)28-3/h7-10,14-15,26H,5-6,11-12H2,1-4H3/t14-,15-/m0/s1. The van der Waals surface area contributed by atoms with Crippen molar-refractivity contribution in [1.82, 2.24) is 14.5 Å². The van der Waals surface area contributed by atoms with E-state index in [9.17, 15) is 9.90 Å². The molecule has 8 nitrogen and oxygen atoms in total. The minimum absolute atomic E-state index is 0.0398. The third-order valence-electron chi connectivity index (χ3n) is 6.15. The highest BCUT2D eigenvalue weighted by Gasteiger charge is 2.51. The second-order valence-corrected chi connectivity index (χ2v) is 7.81. The summed E-state index contributed by atoms with van der Waals surface area (Å²) in [4.78, 5) is 19.7. The van der Waals surface area contributed by atoms with Crippen LogP contribution >= 0.6 is 0 Å². The van der Waals surface area contributed by atoms with Gasteiger partial charge in [0, 0.05) is 49.9 Å². The molecule has 1 aromatic heterocycles. The van der Waals surface area contributed by atoms with Crippen LogP contribution in [0.4, 0.5) is 0 Å². The van der Waals surface area contributed by atoms with Crippen LogP contribution in [0.25, 0.3) is 0 Å². The third kappa shape index (κ3) is 3.11. The number of piperidine rings is 1. The lowest BCUT2D eigenvalue weighted by Crippen LogP contribution is -2.52. The molecule has 2 aliphatic heterocycles. The highest BCUT2D eigenvalue weighted by atomic mass is 16.5. The summed E-state index contributed by atoms with van der Waals surface area (Å²) < 4.78 is 18.0. The molecule has 1 N–H and O–H groups in total. The number of ether oxygens (including phenoxy) is 3. The summed E-state index contributed by atoms with van der Waals surface area (Å²) in [5, 5.41) is 11.3. The average molecular weight is 401 g/mol. The Hall–Kier alpha value is -2.74. The molecule has 0 unspecified atom stereocenters. The lowest BCUT2D eigenvalue weighted by atomic mass is 9.85. The number of amides is 1. The molecule has 2 saturated heterocycles. The van der Waals surface area contributed by atoms with Gasteiger partial charge in [-0.05, 0) is 25.0 Å². The first-order chi connectivity index (χ1) is 13.9. The molecular weight excluding hydrogens is 374 g/mol. The molecule has 1 amide bonds. The number of carbonyl (C=O) groups excluding carboxylic acids is 1. The number of methoxy groups -OCH3 is 3. The largest absolute Gasteiger partial charge is 0.493 e. The zero-order chi connectivity index (χ0) is 20.8. The number of aliphatic hydroxyl groups is 1. The first kappa shape index (κ1) is 19.6. The molecule has 2 bridgehead atoms. The van der Waals surface area contributed by atoms with Crippen LogP contribution in [-0.2, 0) is 12.6 Å². The molecule has 2 atom stereocenters. The van der Waals surface area contributed by atoms with E-state index in [1.165, 1.54) is 21.3 Å². The Kier molecular flexibility index (Phi) is 4.90. The van der Waals surface area contributed by atoms with Crippen molar-refractivity contribution in [3.63, 3.8) is 0 Å². The summed E-state index contributed by atoms with van der Waals surface area (Å²) in [6.07, 6.45) is 6.22. The zero-order valence-corrected chi connectivity index (χ0v) is 17.2. The summed E-state index contributed by atoms with van der Waals surface area (Å²) in [5.41, 5.74) is -0.533. The Balaban J connectivity index is 1.64. The van der Waals surface area contributed by atoms with Crippen molar-refractivity contribution in [3.8, 4) is 17.2 Å². The van der Waals surface area contributed by atoms with Gasteiger partial charge >= 0.3 is 0 Å². The first-order valence-corrected chi connectivity index (χ1v) is 9.74. The van der Waals surface area contributed by atoms with Crippen LogP contribution in [0.3, 0.4) is 0 Å². The Morgan fingerprint density at radius 1 is 1.10 bits per heavy atom. The normalized spacial score (nSPS) is 25.8. The van der Waals surface area contributed by atoms with Gasteiger partial charge in [-0.25, -0.2) is 4.98 Å². The third-order valence-corrected chi connectivity index (χ3v) is 6.15. The fourth-order valence-corrected chi connectivity index (χ4v) is 4.91. The first-order valence-electron chi connectivity index (χ1n) is 9.74. The SMILES string of the molecule is COc1cc(C(=O)N2[C@H]3CC[C@H]2CC(O)(c2nccn2C)C3)cc(OC)c1OC. The van der Waals surface area contributed by atoms with Crippen LogP contribution in [0.15, 0.2) is 24.5 Å². The molecule has 2 aromatic rings. The van der Waals surface area contributed by atoms with Gasteiger partial charge in [0.15, 0.2) is 11.5 Å². The second-order valence-electron chi connectivity index (χ2n) is 7.81. The molecule has 29 heavy (non-hydrogen) atoms. The van der Waals surface area contributed by atoms with E-state index in [0.29, 0.717) is 41.5 Å². The fourth-order valence-electron chi connectivity index (χ4n) is 4.91. The second kappa shape index (κ2) is 7.26. The van der Waals surface area contributed by atoms with Gasteiger partial charge in [-0.2, -0.15) is 0 Å². The van der Waals surface area contributed by atoms with Crippen LogP contribution in [0, 0.1) is 0 Å². The number of nitrogens with zero attached hydrogens (tertiary/aromatic N) is 3. The van der Waals surface area contributed by atoms with E-state index < -0.39 is 5.60 Å². The number of imidazole rings is 1. The van der Waals surface area contributed by atoms with Crippen molar-refractivity contribution in [2.75, 3.05) is 21.3 Å². The Bertz CT molecular complexity index is 886. The van der Waals surface area contributed by atoms with Crippen LogP contribution in [0.1, 0.15) is 41.9 Å². The smallest absolute Gasteiger partial charge is 0.254 e. The maximum Gasteiger partial charge on any atom is 0.254 e. The van der Waals surface area contributed by atoms with E-state index in [0.717, 1.165) is 12.8 Å². The molecule has 3 heterocycles. The van der Waals surface area contributed by atoms with E-state index in [2.05, 4.69) is 4.98 Å². The minimum atomic E-state index is -1.02. The number of benzene rings is 1. The Morgan fingerprint density at radius 2 is 1.69 bits per heavy atom. The maximum atomic E-state index is 13.4. The van der Waals surface area contributed by atoms with E-state index in [1.54, 1.807) is 18.3 Å². The molecule has 8 heteroatoms. The van der Waals surface area contributed by atoms with Gasteiger partial charge in [-0.1, -0.05) is 0 Å². The van der Waals surface area contributed by atoms with Gasteiger partial charge in [-0.3, -0.25) is 4.79 Å². The summed E-state index contributed by atoms with van der Waals surface area (Å²) in [6.45, 7) is 0. The topological polar surface area (TPSA) is 86.1 Å². The molecule has 2 aliphatic rings. The summed E-state index contributed by atoms with van der Waals surface area (Å²) in [5.74, 6) is 1.93. The van der Waals surface area contributed by atoms with Crippen molar-refractivity contribution in [2.45, 2.75) is 43.4 Å². The monoisotopic (exact) mass is 401 g/mol. The minimum Gasteiger partial charge on any atom is -0.493 e. The average Bonchev–Trinajstić information content (AvgIpc) is 3.28. The summed E-state index contributed by atoms with van der Waals surface area (Å²) >= 11 is 0. The number of rotatable bonds is 5. The van der Waals surface area contributed by atoms with Gasteiger partial charge in [0.25, 0.3) is 5.91 Å². The van der Waals surface area contributed by atoms with Crippen LogP contribution in [0.2, 0.25) is 0 Å². The Labute approximate surface area is 170 Å². The molecule has 2 fully saturated rings. The number of fused-ring (bicyclic) bond motifs is 2. The molecular formula is C21H27N3O5. The van der Waals surface area contributed by atoms with Gasteiger partial charge in [0.2, 0.25) is 5.75 Å². The molecule has 0 spiro atoms. The van der Waals surface area contributed by atoms with E-state index in [4.69, 9.17) is 14.2 Å². The summed E-state index contributed by atoms with van der Waals surface area (Å²) in [6, 6.07) is 3.29. The lowest BCUT2D eigenvalue weighted by Gasteiger charge is -2.43. The number of hydrogen-bond donors (Lipinski definition) is 1. The van der Waals surface area contributed by atoms with E-state index in [-0.39, 0.29) is 18.0 Å². The van der Waals surface area contributed by atoms with E-state index >= 15 is 0 Å². The maximum absolute atomic E-state index is 13.4. The molecule has 0 saturated carbocycles. The molecule has 1 aromatic carbocycles. The van der Waals surface area contributed by atoms with E-state index in [1.807, 2.05) is 22.7 Å². The van der Waals surface area contributed by atoms with Crippen LogP contribution < -0.4 is 14.2 Å². The number of hydrogen-bond acceptors (Lipinski definition) is 6. The highest BCUT2D eigenvalue weighted by molar-refractivity contribution is 5.96.